The Kier molecular flexibility index (Phi) is 8.98. The molecule has 4 atom stereocenters. The van der Waals surface area contributed by atoms with Gasteiger partial charge >= 0.3 is 11.5 Å². The SMILES string of the molecule is COc1cc(F)c(OC2CCC(O)(C(=O)O)CC2)cc1C(=O)N[C@H]1[C@H]2CC[C@H](C2)[C@H]1C(=O)Nc1cccc(S(=O)(=O)C(F)(F)F)c1. The average Bonchev–Trinajstić information content (AvgIpc) is 3.60. The number of aliphatic hydroxyl groups is 1. The Hall–Kier alpha value is -3.92. The van der Waals surface area contributed by atoms with E-state index in [1.165, 1.54) is 13.2 Å². The number of benzene rings is 2. The van der Waals surface area contributed by atoms with Crippen LogP contribution in [0.15, 0.2) is 41.3 Å². The van der Waals surface area contributed by atoms with Crippen LogP contribution >= 0.6 is 0 Å². The van der Waals surface area contributed by atoms with Crippen LogP contribution in [0.4, 0.5) is 23.2 Å². The summed E-state index contributed by atoms with van der Waals surface area (Å²) in [6.45, 7) is 0. The van der Waals surface area contributed by atoms with Gasteiger partial charge in [-0.05, 0) is 81.0 Å². The third-order valence-electron chi connectivity index (χ3n) is 9.18. The van der Waals surface area contributed by atoms with Gasteiger partial charge in [-0.15, -0.1) is 0 Å². The van der Waals surface area contributed by atoms with Gasteiger partial charge in [0.1, 0.15) is 5.75 Å². The van der Waals surface area contributed by atoms with E-state index >= 15 is 0 Å². The number of sulfone groups is 1. The molecule has 2 bridgehead atoms. The average molecular weight is 673 g/mol. The third kappa shape index (κ3) is 6.36. The molecule has 250 valence electrons. The first kappa shape index (κ1) is 33.4. The van der Waals surface area contributed by atoms with Gasteiger partial charge in [-0.2, -0.15) is 13.2 Å². The van der Waals surface area contributed by atoms with Crippen molar-refractivity contribution in [1.82, 2.24) is 5.32 Å². The standard InChI is InChI=1S/C30H32F4N2O9S/c1-44-22-14-21(31)23(45-18-7-9-29(41,10-8-18)28(39)40)13-20(22)26(37)36-25-16-6-5-15(11-16)24(25)27(38)35-17-3-2-4-19(12-17)46(42,43)30(32,33)34/h2-4,12-16,18,24-25,41H,5-11H2,1H3,(H,35,38)(H,36,37)(H,39,40)/t15-,16+,18?,24-,25+,29?/m1/s1. The lowest BCUT2D eigenvalue weighted by molar-refractivity contribution is -0.163. The van der Waals surface area contributed by atoms with E-state index in [1.54, 1.807) is 0 Å². The van der Waals surface area contributed by atoms with Crippen LogP contribution in [0.2, 0.25) is 0 Å². The largest absolute Gasteiger partial charge is 0.501 e. The Morgan fingerprint density at radius 1 is 1.00 bits per heavy atom. The minimum Gasteiger partial charge on any atom is -0.496 e. The molecule has 0 saturated heterocycles. The van der Waals surface area contributed by atoms with E-state index in [2.05, 4.69) is 10.6 Å². The molecular weight excluding hydrogens is 640 g/mol. The van der Waals surface area contributed by atoms with Gasteiger partial charge in [0.25, 0.3) is 15.7 Å². The molecule has 0 radical (unpaired) electrons. The fraction of sp³-hybridized carbons (Fsp3) is 0.500. The number of ether oxygens (including phenoxy) is 2. The van der Waals surface area contributed by atoms with Gasteiger partial charge in [0.15, 0.2) is 17.2 Å². The minimum atomic E-state index is -5.64. The number of fused-ring (bicyclic) bond motifs is 2. The molecule has 0 unspecified atom stereocenters. The quantitative estimate of drug-likeness (QED) is 0.287. The van der Waals surface area contributed by atoms with Gasteiger partial charge in [-0.1, -0.05) is 6.07 Å². The second-order valence-electron chi connectivity index (χ2n) is 12.0. The zero-order valence-corrected chi connectivity index (χ0v) is 25.3. The van der Waals surface area contributed by atoms with Gasteiger partial charge in [0.2, 0.25) is 5.91 Å². The predicted octanol–water partition coefficient (Wildman–Crippen LogP) is 4.05. The first-order valence-corrected chi connectivity index (χ1v) is 16.1. The summed E-state index contributed by atoms with van der Waals surface area (Å²) in [4.78, 5) is 37.3. The van der Waals surface area contributed by atoms with E-state index in [0.29, 0.717) is 19.3 Å². The van der Waals surface area contributed by atoms with E-state index in [0.717, 1.165) is 30.3 Å². The Labute approximate surface area is 261 Å². The molecule has 3 fully saturated rings. The summed E-state index contributed by atoms with van der Waals surface area (Å²) in [5, 5.41) is 24.8. The maximum Gasteiger partial charge on any atom is 0.501 e. The first-order chi connectivity index (χ1) is 21.5. The molecule has 0 aromatic heterocycles. The molecule has 3 aliphatic carbocycles. The number of methoxy groups -OCH3 is 1. The maximum absolute atomic E-state index is 15.0. The fourth-order valence-electron chi connectivity index (χ4n) is 6.76. The Morgan fingerprint density at radius 3 is 2.30 bits per heavy atom. The Balaban J connectivity index is 1.32. The zero-order valence-electron chi connectivity index (χ0n) is 24.5. The van der Waals surface area contributed by atoms with Crippen molar-refractivity contribution in [3.05, 3.63) is 47.8 Å². The number of carboxylic acids is 1. The summed E-state index contributed by atoms with van der Waals surface area (Å²) in [5.41, 5.74) is -7.67. The molecule has 2 aromatic rings. The van der Waals surface area contributed by atoms with Gasteiger partial charge in [0, 0.05) is 17.8 Å². The van der Waals surface area contributed by atoms with Crippen LogP contribution in [0.1, 0.15) is 55.3 Å². The summed E-state index contributed by atoms with van der Waals surface area (Å²) in [7, 11) is -4.41. The van der Waals surface area contributed by atoms with Crippen LogP contribution in [0.3, 0.4) is 0 Å². The molecule has 0 aliphatic heterocycles. The Bertz CT molecular complexity index is 1640. The van der Waals surface area contributed by atoms with E-state index in [1.807, 2.05) is 0 Å². The number of halogens is 4. The van der Waals surface area contributed by atoms with E-state index in [4.69, 9.17) is 9.47 Å². The molecular formula is C30H32F4N2O9S. The number of rotatable bonds is 9. The van der Waals surface area contributed by atoms with E-state index < -0.39 is 67.5 Å². The highest BCUT2D eigenvalue weighted by Crippen LogP contribution is 2.49. The van der Waals surface area contributed by atoms with Crippen molar-refractivity contribution >= 4 is 33.3 Å². The lowest BCUT2D eigenvalue weighted by atomic mass is 9.83. The molecule has 2 aromatic carbocycles. The summed E-state index contributed by atoms with van der Waals surface area (Å²) in [5.74, 6) is -4.92. The van der Waals surface area contributed by atoms with Gasteiger partial charge in [-0.3, -0.25) is 9.59 Å². The molecule has 3 saturated carbocycles. The second kappa shape index (κ2) is 12.4. The van der Waals surface area contributed by atoms with Crippen LogP contribution < -0.4 is 20.1 Å². The highest BCUT2D eigenvalue weighted by atomic mass is 32.2. The number of carboxylic acid groups (broad SMARTS) is 1. The van der Waals surface area contributed by atoms with Crippen molar-refractivity contribution in [2.24, 2.45) is 17.8 Å². The van der Waals surface area contributed by atoms with E-state index in [9.17, 15) is 50.6 Å². The lowest BCUT2D eigenvalue weighted by Crippen LogP contribution is -2.48. The molecule has 5 rings (SSSR count). The molecule has 0 heterocycles. The molecule has 4 N–H and O–H groups in total. The van der Waals surface area contributed by atoms with Gasteiger partial charge in [0.05, 0.1) is 29.6 Å². The number of aliphatic carboxylic acids is 1. The smallest absolute Gasteiger partial charge is 0.496 e. The van der Waals surface area contributed by atoms with Crippen molar-refractivity contribution in [3.63, 3.8) is 0 Å². The number of amides is 2. The zero-order chi connectivity index (χ0) is 33.6. The van der Waals surface area contributed by atoms with E-state index in [-0.39, 0.29) is 60.3 Å². The number of hydrogen-bond donors (Lipinski definition) is 4. The van der Waals surface area contributed by atoms with Crippen LogP contribution in [-0.4, -0.2) is 66.8 Å². The monoisotopic (exact) mass is 672 g/mol. The highest BCUT2D eigenvalue weighted by Gasteiger charge is 2.52. The van der Waals surface area contributed by atoms with Crippen LogP contribution in [0, 0.1) is 23.6 Å². The number of carbonyl (C=O) groups excluding carboxylic acids is 2. The van der Waals surface area contributed by atoms with Crippen molar-refractivity contribution in [2.45, 2.75) is 73.1 Å². The molecule has 0 spiro atoms. The van der Waals surface area contributed by atoms with Crippen molar-refractivity contribution in [3.8, 4) is 11.5 Å². The highest BCUT2D eigenvalue weighted by molar-refractivity contribution is 7.92. The van der Waals surface area contributed by atoms with Crippen LogP contribution in [0.5, 0.6) is 11.5 Å². The topological polar surface area (TPSA) is 168 Å². The molecule has 46 heavy (non-hydrogen) atoms. The molecule has 2 amide bonds. The van der Waals surface area contributed by atoms with Gasteiger partial charge < -0.3 is 30.3 Å². The first-order valence-electron chi connectivity index (χ1n) is 14.6. The molecule has 3 aliphatic rings. The third-order valence-corrected chi connectivity index (χ3v) is 10.7. The predicted molar refractivity (Wildman–Crippen MR) is 152 cm³/mol. The molecule has 11 nitrogen and oxygen atoms in total. The minimum absolute atomic E-state index is 0.0938. The molecule has 16 heteroatoms. The number of alkyl halides is 3. The summed E-state index contributed by atoms with van der Waals surface area (Å²) in [6.07, 6.45) is 1.41. The maximum atomic E-state index is 15.0. The van der Waals surface area contributed by atoms with Crippen LogP contribution in [-0.2, 0) is 19.4 Å². The number of anilines is 1. The van der Waals surface area contributed by atoms with Gasteiger partial charge in [-0.25, -0.2) is 17.6 Å². The summed E-state index contributed by atoms with van der Waals surface area (Å²) < 4.78 is 88.8. The summed E-state index contributed by atoms with van der Waals surface area (Å²) in [6, 6.07) is 5.25. The van der Waals surface area contributed by atoms with Crippen LogP contribution in [0.25, 0.3) is 0 Å². The number of hydrogen-bond acceptors (Lipinski definition) is 8. The number of carbonyl (C=O) groups is 3. The summed E-state index contributed by atoms with van der Waals surface area (Å²) >= 11 is 0. The second-order valence-corrected chi connectivity index (χ2v) is 13.9. The Morgan fingerprint density at radius 2 is 1.67 bits per heavy atom. The number of nitrogens with one attached hydrogen (secondary N) is 2. The lowest BCUT2D eigenvalue weighted by Gasteiger charge is -2.33. The van der Waals surface area contributed by atoms with Crippen molar-refractivity contribution < 1.29 is 60.0 Å². The fourth-order valence-corrected chi connectivity index (χ4v) is 7.56. The normalized spacial score (nSPS) is 27.6. The van der Waals surface area contributed by atoms with Crippen molar-refractivity contribution in [1.29, 1.82) is 0 Å². The van der Waals surface area contributed by atoms with Crippen molar-refractivity contribution in [2.75, 3.05) is 12.4 Å².